The largest absolute Gasteiger partial charge is 0.480 e. The van der Waals surface area contributed by atoms with Gasteiger partial charge in [-0.05, 0) is 43.0 Å². The zero-order valence-corrected chi connectivity index (χ0v) is 11.9. The normalized spacial score (nSPS) is 19.8. The first-order valence-corrected chi connectivity index (χ1v) is 7.50. The number of carbonyl (C=O) groups excluding carboxylic acids is 1. The lowest BCUT2D eigenvalue weighted by Gasteiger charge is -2.27. The first-order valence-electron chi connectivity index (χ1n) is 7.50. The Morgan fingerprint density at radius 3 is 2.71 bits per heavy atom. The maximum atomic E-state index is 12.6. The monoisotopic (exact) mass is 288 g/mol. The number of carboxylic acid groups (broad SMARTS) is 1. The number of aliphatic carboxylic acids is 1. The number of benzene rings is 1. The Balaban J connectivity index is 1.87. The van der Waals surface area contributed by atoms with E-state index >= 15 is 0 Å². The second kappa shape index (κ2) is 5.48. The van der Waals surface area contributed by atoms with Crippen LogP contribution in [0.3, 0.4) is 0 Å². The lowest BCUT2D eigenvalue weighted by Crippen LogP contribution is -2.52. The second-order valence-electron chi connectivity index (χ2n) is 5.92. The highest BCUT2D eigenvalue weighted by molar-refractivity contribution is 5.99. The van der Waals surface area contributed by atoms with Crippen LogP contribution in [0.1, 0.15) is 47.2 Å². The summed E-state index contributed by atoms with van der Waals surface area (Å²) in [6.07, 6.45) is 3.54. The van der Waals surface area contributed by atoms with Crippen molar-refractivity contribution in [1.82, 2.24) is 10.6 Å². The molecule has 1 heterocycles. The van der Waals surface area contributed by atoms with Gasteiger partial charge in [-0.2, -0.15) is 0 Å². The summed E-state index contributed by atoms with van der Waals surface area (Å²) in [4.78, 5) is 24.1. The van der Waals surface area contributed by atoms with E-state index in [1.165, 1.54) is 0 Å². The Labute approximate surface area is 123 Å². The van der Waals surface area contributed by atoms with Gasteiger partial charge in [-0.25, -0.2) is 4.79 Å². The molecule has 3 rings (SSSR count). The number of rotatable bonds is 3. The van der Waals surface area contributed by atoms with E-state index in [9.17, 15) is 14.7 Å². The molecule has 0 atom stereocenters. The fourth-order valence-electron chi connectivity index (χ4n) is 3.40. The molecule has 0 radical (unpaired) electrons. The molecule has 5 nitrogen and oxygen atoms in total. The Bertz CT molecular complexity index is 577. The average Bonchev–Trinajstić information content (AvgIpc) is 2.96. The van der Waals surface area contributed by atoms with Crippen LogP contribution in [0, 0.1) is 0 Å². The third-order valence-electron chi connectivity index (χ3n) is 4.60. The van der Waals surface area contributed by atoms with Crippen molar-refractivity contribution in [2.75, 3.05) is 6.54 Å². The van der Waals surface area contributed by atoms with Gasteiger partial charge in [0.2, 0.25) is 0 Å². The number of amides is 1. The van der Waals surface area contributed by atoms with E-state index < -0.39 is 11.5 Å². The van der Waals surface area contributed by atoms with Gasteiger partial charge in [0.15, 0.2) is 0 Å². The van der Waals surface area contributed by atoms with Gasteiger partial charge >= 0.3 is 5.97 Å². The number of hydrogen-bond acceptors (Lipinski definition) is 3. The van der Waals surface area contributed by atoms with Crippen LogP contribution < -0.4 is 10.6 Å². The number of carbonyl (C=O) groups is 2. The summed E-state index contributed by atoms with van der Waals surface area (Å²) in [6, 6.07) is 5.67. The smallest absolute Gasteiger partial charge is 0.329 e. The molecular weight excluding hydrogens is 268 g/mol. The Hall–Kier alpha value is -1.88. The lowest BCUT2D eigenvalue weighted by molar-refractivity contribution is -0.144. The van der Waals surface area contributed by atoms with Gasteiger partial charge in [0.05, 0.1) is 0 Å². The number of fused-ring (bicyclic) bond motifs is 1. The zero-order chi connectivity index (χ0) is 14.9. The molecule has 112 valence electrons. The predicted molar refractivity (Wildman–Crippen MR) is 78.2 cm³/mol. The first-order chi connectivity index (χ1) is 10.1. The fourth-order valence-corrected chi connectivity index (χ4v) is 3.40. The average molecular weight is 288 g/mol. The zero-order valence-electron chi connectivity index (χ0n) is 11.9. The molecule has 1 fully saturated rings. The van der Waals surface area contributed by atoms with Crippen LogP contribution in [0.5, 0.6) is 0 Å². The molecule has 2 aliphatic rings. The van der Waals surface area contributed by atoms with E-state index in [4.69, 9.17) is 0 Å². The first kappa shape index (κ1) is 14.1. The van der Waals surface area contributed by atoms with Crippen LogP contribution in [-0.4, -0.2) is 29.1 Å². The molecule has 1 aromatic rings. The van der Waals surface area contributed by atoms with Crippen molar-refractivity contribution >= 4 is 11.9 Å². The van der Waals surface area contributed by atoms with Crippen LogP contribution in [-0.2, 0) is 17.8 Å². The van der Waals surface area contributed by atoms with Gasteiger partial charge in [0.25, 0.3) is 5.91 Å². The van der Waals surface area contributed by atoms with Crippen LogP contribution >= 0.6 is 0 Å². The molecule has 5 heteroatoms. The molecule has 0 saturated heterocycles. The second-order valence-corrected chi connectivity index (χ2v) is 5.92. The fraction of sp³-hybridized carbons (Fsp3) is 0.500. The SMILES string of the molecule is O=C(NC1(C(=O)O)CCCC1)c1cccc2c1CCNC2. The van der Waals surface area contributed by atoms with Crippen molar-refractivity contribution in [2.24, 2.45) is 0 Å². The van der Waals surface area contributed by atoms with E-state index in [1.807, 2.05) is 12.1 Å². The van der Waals surface area contributed by atoms with E-state index in [1.54, 1.807) is 6.07 Å². The summed E-state index contributed by atoms with van der Waals surface area (Å²) in [5.74, 6) is -1.17. The molecule has 0 unspecified atom stereocenters. The third kappa shape index (κ3) is 2.53. The quantitative estimate of drug-likeness (QED) is 0.787. The highest BCUT2D eigenvalue weighted by atomic mass is 16.4. The molecule has 3 N–H and O–H groups in total. The van der Waals surface area contributed by atoms with E-state index in [0.29, 0.717) is 18.4 Å². The molecule has 1 aliphatic heterocycles. The Morgan fingerprint density at radius 2 is 2.00 bits per heavy atom. The molecule has 0 aromatic heterocycles. The minimum Gasteiger partial charge on any atom is -0.480 e. The number of nitrogens with one attached hydrogen (secondary N) is 2. The highest BCUT2D eigenvalue weighted by Crippen LogP contribution is 2.30. The predicted octanol–water partition coefficient (Wildman–Crippen LogP) is 1.46. The third-order valence-corrected chi connectivity index (χ3v) is 4.60. The van der Waals surface area contributed by atoms with E-state index in [0.717, 1.165) is 43.5 Å². The summed E-state index contributed by atoms with van der Waals surface area (Å²) in [6.45, 7) is 1.61. The highest BCUT2D eigenvalue weighted by Gasteiger charge is 2.43. The number of carboxylic acids is 1. The minimum atomic E-state index is -1.08. The van der Waals surface area contributed by atoms with Crippen molar-refractivity contribution in [3.63, 3.8) is 0 Å². The summed E-state index contributed by atoms with van der Waals surface area (Å²) < 4.78 is 0. The van der Waals surface area contributed by atoms with Gasteiger partial charge < -0.3 is 15.7 Å². The Morgan fingerprint density at radius 1 is 1.24 bits per heavy atom. The topological polar surface area (TPSA) is 78.4 Å². The molecule has 0 spiro atoms. The van der Waals surface area contributed by atoms with Crippen LogP contribution in [0.15, 0.2) is 18.2 Å². The van der Waals surface area contributed by atoms with Crippen molar-refractivity contribution < 1.29 is 14.7 Å². The van der Waals surface area contributed by atoms with Gasteiger partial charge in [-0.15, -0.1) is 0 Å². The van der Waals surface area contributed by atoms with Crippen molar-refractivity contribution in [1.29, 1.82) is 0 Å². The molecule has 1 saturated carbocycles. The molecule has 1 aromatic carbocycles. The standard InChI is InChI=1S/C16H20N2O3/c19-14(18-16(15(20)21)7-1-2-8-16)13-5-3-4-11-10-17-9-6-12(11)13/h3-5,17H,1-2,6-10H2,(H,18,19)(H,20,21). The number of hydrogen-bond donors (Lipinski definition) is 3. The molecule has 0 bridgehead atoms. The van der Waals surface area contributed by atoms with Gasteiger partial charge in [0, 0.05) is 12.1 Å². The molecule has 1 amide bonds. The van der Waals surface area contributed by atoms with Crippen molar-refractivity contribution in [3.05, 3.63) is 34.9 Å². The maximum Gasteiger partial charge on any atom is 0.329 e. The maximum absolute atomic E-state index is 12.6. The van der Waals surface area contributed by atoms with E-state index in [2.05, 4.69) is 10.6 Å². The van der Waals surface area contributed by atoms with Gasteiger partial charge in [-0.1, -0.05) is 25.0 Å². The molecule has 1 aliphatic carbocycles. The van der Waals surface area contributed by atoms with Crippen LogP contribution in [0.25, 0.3) is 0 Å². The lowest BCUT2D eigenvalue weighted by atomic mass is 9.93. The molecule has 21 heavy (non-hydrogen) atoms. The molecular formula is C16H20N2O3. The summed E-state index contributed by atoms with van der Waals surface area (Å²) >= 11 is 0. The van der Waals surface area contributed by atoms with E-state index in [-0.39, 0.29) is 5.91 Å². The summed E-state index contributed by atoms with van der Waals surface area (Å²) in [5, 5.41) is 15.6. The van der Waals surface area contributed by atoms with Crippen LogP contribution in [0.4, 0.5) is 0 Å². The van der Waals surface area contributed by atoms with Gasteiger partial charge in [0.1, 0.15) is 5.54 Å². The van der Waals surface area contributed by atoms with Gasteiger partial charge in [-0.3, -0.25) is 4.79 Å². The summed E-state index contributed by atoms with van der Waals surface area (Å²) in [5.41, 5.74) is 1.73. The van der Waals surface area contributed by atoms with Crippen molar-refractivity contribution in [2.45, 2.75) is 44.2 Å². The minimum absolute atomic E-state index is 0.252. The van der Waals surface area contributed by atoms with Crippen molar-refractivity contribution in [3.8, 4) is 0 Å². The Kier molecular flexibility index (Phi) is 3.68. The summed E-state index contributed by atoms with van der Waals surface area (Å²) in [7, 11) is 0. The van der Waals surface area contributed by atoms with Crippen LogP contribution in [0.2, 0.25) is 0 Å².